The number of benzene rings is 2. The summed E-state index contributed by atoms with van der Waals surface area (Å²) in [5, 5.41) is 4.56. The van der Waals surface area contributed by atoms with Gasteiger partial charge < -0.3 is 5.32 Å². The van der Waals surface area contributed by atoms with E-state index in [1.54, 1.807) is 18.3 Å². The number of aromatic nitrogens is 1. The highest BCUT2D eigenvalue weighted by Crippen LogP contribution is 2.25. The van der Waals surface area contributed by atoms with E-state index in [-0.39, 0.29) is 11.9 Å². The second-order valence-electron chi connectivity index (χ2n) is 5.07. The average Bonchev–Trinajstić information content (AvgIpc) is 2.52. The number of nitrogens with zero attached hydrogens (tertiary/aromatic N) is 1. The van der Waals surface area contributed by atoms with Crippen LogP contribution in [0.5, 0.6) is 0 Å². The van der Waals surface area contributed by atoms with Gasteiger partial charge in [0.05, 0.1) is 11.6 Å². The van der Waals surface area contributed by atoms with Crippen LogP contribution in [-0.4, -0.2) is 4.98 Å². The molecule has 0 aliphatic heterocycles. The lowest BCUT2D eigenvalue weighted by atomic mass is 10.0. The third-order valence-corrected chi connectivity index (χ3v) is 3.60. The molecule has 0 bridgehead atoms. The molecule has 1 unspecified atom stereocenters. The summed E-state index contributed by atoms with van der Waals surface area (Å²) >= 11 is 0. The first kappa shape index (κ1) is 13.6. The minimum Gasteiger partial charge on any atom is -0.378 e. The van der Waals surface area contributed by atoms with Gasteiger partial charge in [0.2, 0.25) is 0 Å². The third kappa shape index (κ3) is 3.02. The van der Waals surface area contributed by atoms with Crippen molar-refractivity contribution in [3.05, 3.63) is 72.2 Å². The molecule has 21 heavy (non-hydrogen) atoms. The highest BCUT2D eigenvalue weighted by atomic mass is 19.1. The molecular formula is C18H17FN2. The second kappa shape index (κ2) is 5.92. The van der Waals surface area contributed by atoms with E-state index in [0.717, 1.165) is 28.6 Å². The molecule has 1 atom stereocenters. The lowest BCUT2D eigenvalue weighted by Gasteiger charge is -2.19. The highest BCUT2D eigenvalue weighted by molar-refractivity contribution is 5.82. The molecule has 2 nitrogen and oxygen atoms in total. The zero-order chi connectivity index (χ0) is 14.7. The van der Waals surface area contributed by atoms with Crippen LogP contribution in [0.15, 0.2) is 60.8 Å². The minimum atomic E-state index is -0.199. The molecule has 106 valence electrons. The van der Waals surface area contributed by atoms with Gasteiger partial charge in [0, 0.05) is 17.3 Å². The Morgan fingerprint density at radius 1 is 1.10 bits per heavy atom. The molecule has 1 heterocycles. The number of halogens is 1. The first-order valence-electron chi connectivity index (χ1n) is 7.13. The summed E-state index contributed by atoms with van der Waals surface area (Å²) in [6.45, 7) is 2.09. The van der Waals surface area contributed by atoms with E-state index >= 15 is 0 Å². The second-order valence-corrected chi connectivity index (χ2v) is 5.07. The van der Waals surface area contributed by atoms with E-state index in [0.29, 0.717) is 0 Å². The van der Waals surface area contributed by atoms with Gasteiger partial charge in [0.1, 0.15) is 5.82 Å². The summed E-state index contributed by atoms with van der Waals surface area (Å²) in [5.41, 5.74) is 2.96. The maximum atomic E-state index is 13.4. The van der Waals surface area contributed by atoms with Crippen molar-refractivity contribution in [2.45, 2.75) is 19.4 Å². The molecule has 0 aliphatic carbocycles. The van der Waals surface area contributed by atoms with Gasteiger partial charge in [-0.05, 0) is 48.4 Å². The molecule has 3 rings (SSSR count). The molecular weight excluding hydrogens is 263 g/mol. The van der Waals surface area contributed by atoms with Crippen molar-refractivity contribution in [1.29, 1.82) is 0 Å². The lowest BCUT2D eigenvalue weighted by molar-refractivity contribution is 0.621. The topological polar surface area (TPSA) is 24.9 Å². The highest BCUT2D eigenvalue weighted by Gasteiger charge is 2.10. The molecule has 0 amide bonds. The summed E-state index contributed by atoms with van der Waals surface area (Å²) in [6.07, 6.45) is 2.67. The van der Waals surface area contributed by atoms with Crippen molar-refractivity contribution < 1.29 is 4.39 Å². The van der Waals surface area contributed by atoms with Gasteiger partial charge in [-0.25, -0.2) is 4.39 Å². The van der Waals surface area contributed by atoms with Crippen LogP contribution >= 0.6 is 0 Å². The Balaban J connectivity index is 1.88. The maximum absolute atomic E-state index is 13.4. The van der Waals surface area contributed by atoms with Crippen molar-refractivity contribution in [3.63, 3.8) is 0 Å². The molecule has 1 N–H and O–H groups in total. The van der Waals surface area contributed by atoms with Crippen LogP contribution in [0.1, 0.15) is 24.9 Å². The number of pyridine rings is 1. The molecule has 0 saturated carbocycles. The van der Waals surface area contributed by atoms with Crippen LogP contribution in [0.4, 0.5) is 10.1 Å². The quantitative estimate of drug-likeness (QED) is 0.732. The van der Waals surface area contributed by atoms with E-state index in [4.69, 9.17) is 0 Å². The summed E-state index contributed by atoms with van der Waals surface area (Å²) in [4.78, 5) is 4.31. The summed E-state index contributed by atoms with van der Waals surface area (Å²) in [5.74, 6) is -0.199. The average molecular weight is 280 g/mol. The minimum absolute atomic E-state index is 0.0924. The standard InChI is InChI=1S/C18H17FN2/c1-2-17(13-5-3-7-15(19)11-13)21-16-8-9-18-14(12-16)6-4-10-20-18/h3-12,17,21H,2H2,1H3. The van der Waals surface area contributed by atoms with Crippen LogP contribution in [0.25, 0.3) is 10.9 Å². The zero-order valence-corrected chi connectivity index (χ0v) is 11.9. The van der Waals surface area contributed by atoms with Gasteiger partial charge in [0.15, 0.2) is 0 Å². The largest absolute Gasteiger partial charge is 0.378 e. The van der Waals surface area contributed by atoms with Crippen molar-refractivity contribution in [3.8, 4) is 0 Å². The zero-order valence-electron chi connectivity index (χ0n) is 11.9. The van der Waals surface area contributed by atoms with E-state index in [1.807, 2.05) is 30.3 Å². The number of anilines is 1. The van der Waals surface area contributed by atoms with E-state index in [2.05, 4.69) is 23.3 Å². The normalized spacial score (nSPS) is 12.3. The van der Waals surface area contributed by atoms with Crippen molar-refractivity contribution in [2.24, 2.45) is 0 Å². The monoisotopic (exact) mass is 280 g/mol. The molecule has 0 spiro atoms. The molecule has 0 radical (unpaired) electrons. The van der Waals surface area contributed by atoms with Crippen LogP contribution in [0, 0.1) is 5.82 Å². The Morgan fingerprint density at radius 3 is 2.81 bits per heavy atom. The Bertz CT molecular complexity index is 755. The van der Waals surface area contributed by atoms with Crippen molar-refractivity contribution >= 4 is 16.6 Å². The van der Waals surface area contributed by atoms with Gasteiger partial charge in [-0.3, -0.25) is 4.98 Å². The van der Waals surface area contributed by atoms with Crippen molar-refractivity contribution in [1.82, 2.24) is 4.98 Å². The Kier molecular flexibility index (Phi) is 3.82. The fraction of sp³-hybridized carbons (Fsp3) is 0.167. The Labute approximate surface area is 123 Å². The number of nitrogens with one attached hydrogen (secondary N) is 1. The smallest absolute Gasteiger partial charge is 0.123 e. The molecule has 0 saturated heterocycles. The van der Waals surface area contributed by atoms with E-state index < -0.39 is 0 Å². The number of hydrogen-bond donors (Lipinski definition) is 1. The molecule has 1 aromatic heterocycles. The van der Waals surface area contributed by atoms with Gasteiger partial charge >= 0.3 is 0 Å². The Hall–Kier alpha value is -2.42. The van der Waals surface area contributed by atoms with Crippen LogP contribution in [0.2, 0.25) is 0 Å². The predicted molar refractivity (Wildman–Crippen MR) is 84.8 cm³/mol. The first-order valence-corrected chi connectivity index (χ1v) is 7.13. The number of fused-ring (bicyclic) bond motifs is 1. The summed E-state index contributed by atoms with van der Waals surface area (Å²) < 4.78 is 13.4. The van der Waals surface area contributed by atoms with Crippen LogP contribution in [0.3, 0.4) is 0 Å². The van der Waals surface area contributed by atoms with Gasteiger partial charge in [-0.15, -0.1) is 0 Å². The molecule has 2 aromatic carbocycles. The Morgan fingerprint density at radius 2 is 2.00 bits per heavy atom. The van der Waals surface area contributed by atoms with Gasteiger partial charge in [-0.1, -0.05) is 25.1 Å². The van der Waals surface area contributed by atoms with Crippen LogP contribution in [-0.2, 0) is 0 Å². The molecule has 0 aliphatic rings. The number of hydrogen-bond acceptors (Lipinski definition) is 2. The fourth-order valence-corrected chi connectivity index (χ4v) is 2.51. The molecule has 3 aromatic rings. The predicted octanol–water partition coefficient (Wildman–Crippen LogP) is 4.94. The van der Waals surface area contributed by atoms with E-state index in [1.165, 1.54) is 6.07 Å². The number of rotatable bonds is 4. The molecule has 0 fully saturated rings. The van der Waals surface area contributed by atoms with E-state index in [9.17, 15) is 4.39 Å². The van der Waals surface area contributed by atoms with Gasteiger partial charge in [-0.2, -0.15) is 0 Å². The maximum Gasteiger partial charge on any atom is 0.123 e. The van der Waals surface area contributed by atoms with Crippen LogP contribution < -0.4 is 5.32 Å². The lowest BCUT2D eigenvalue weighted by Crippen LogP contribution is -2.09. The van der Waals surface area contributed by atoms with Gasteiger partial charge in [0.25, 0.3) is 0 Å². The van der Waals surface area contributed by atoms with Crippen molar-refractivity contribution in [2.75, 3.05) is 5.32 Å². The first-order chi connectivity index (χ1) is 10.3. The SMILES string of the molecule is CCC(Nc1ccc2ncccc2c1)c1cccc(F)c1. The summed E-state index contributed by atoms with van der Waals surface area (Å²) in [7, 11) is 0. The fourth-order valence-electron chi connectivity index (χ4n) is 2.51. The summed E-state index contributed by atoms with van der Waals surface area (Å²) in [6, 6.07) is 16.9. The molecule has 3 heteroatoms. The third-order valence-electron chi connectivity index (χ3n) is 3.60.